The molecule has 3 heteroatoms. The molecular weight excluding hydrogens is 120 g/mol. The monoisotopic (exact) mass is 126 g/mol. The minimum Gasteiger partial charge on any atom is -0.462 e. The first-order valence-electron chi connectivity index (χ1n) is 2.75. The van der Waals surface area contributed by atoms with Crippen molar-refractivity contribution in [1.29, 1.82) is 0 Å². The van der Waals surface area contributed by atoms with Crippen LogP contribution in [-0.2, 0) is 14.3 Å². The second-order valence-corrected chi connectivity index (χ2v) is 1.82. The third-order valence-electron chi connectivity index (χ3n) is 1.17. The number of ether oxygens (including phenoxy) is 1. The summed E-state index contributed by atoms with van der Waals surface area (Å²) in [6, 6.07) is 0. The molecule has 1 aliphatic heterocycles. The topological polar surface area (TPSA) is 43.4 Å². The van der Waals surface area contributed by atoms with E-state index in [4.69, 9.17) is 0 Å². The molecule has 0 unspecified atom stereocenters. The molecule has 0 saturated carbocycles. The Morgan fingerprint density at radius 2 is 2.33 bits per heavy atom. The third-order valence-corrected chi connectivity index (χ3v) is 1.17. The minimum atomic E-state index is -0.503. The summed E-state index contributed by atoms with van der Waals surface area (Å²) in [5.74, 6) is 1.04. The molecular formula is C6H6O3. The van der Waals surface area contributed by atoms with Crippen molar-refractivity contribution in [2.45, 2.75) is 12.8 Å². The fraction of sp³-hybridized carbons (Fsp3) is 0.500. The van der Waals surface area contributed by atoms with Gasteiger partial charge in [-0.3, -0.25) is 0 Å². The van der Waals surface area contributed by atoms with Gasteiger partial charge in [0.1, 0.15) is 11.5 Å². The van der Waals surface area contributed by atoms with Crippen molar-refractivity contribution in [3.05, 3.63) is 5.57 Å². The van der Waals surface area contributed by atoms with Gasteiger partial charge >= 0.3 is 5.97 Å². The number of carbonyl (C=O) groups excluding carboxylic acids is 2. The van der Waals surface area contributed by atoms with Gasteiger partial charge in [-0.2, -0.15) is 0 Å². The van der Waals surface area contributed by atoms with Crippen molar-refractivity contribution in [1.82, 2.24) is 0 Å². The zero-order valence-corrected chi connectivity index (χ0v) is 4.85. The average Bonchev–Trinajstić information content (AvgIpc) is 1.89. The number of hydrogen-bond acceptors (Lipinski definition) is 3. The third kappa shape index (κ3) is 1.18. The van der Waals surface area contributed by atoms with Crippen LogP contribution < -0.4 is 0 Å². The Bertz CT molecular complexity index is 177. The fourth-order valence-corrected chi connectivity index (χ4v) is 0.696. The zero-order chi connectivity index (χ0) is 6.69. The SMILES string of the molecule is O=C=C1CCCOC1=O. The molecule has 3 nitrogen and oxygen atoms in total. The zero-order valence-electron chi connectivity index (χ0n) is 4.85. The van der Waals surface area contributed by atoms with Crippen LogP contribution >= 0.6 is 0 Å². The number of hydrogen-bond donors (Lipinski definition) is 0. The molecule has 0 amide bonds. The molecule has 0 radical (unpaired) electrons. The Morgan fingerprint density at radius 1 is 1.56 bits per heavy atom. The average molecular weight is 126 g/mol. The maximum absolute atomic E-state index is 10.5. The lowest BCUT2D eigenvalue weighted by molar-refractivity contribution is -0.141. The Hall–Kier alpha value is -1.08. The summed E-state index contributed by atoms with van der Waals surface area (Å²) in [4.78, 5) is 20.4. The molecule has 1 fully saturated rings. The molecule has 0 aromatic heterocycles. The van der Waals surface area contributed by atoms with Gasteiger partial charge in [-0.05, 0) is 12.8 Å². The number of carbonyl (C=O) groups is 1. The second-order valence-electron chi connectivity index (χ2n) is 1.82. The molecule has 0 bridgehead atoms. The molecule has 1 saturated heterocycles. The molecule has 1 aliphatic rings. The van der Waals surface area contributed by atoms with Gasteiger partial charge < -0.3 is 4.74 Å². The van der Waals surface area contributed by atoms with Crippen LogP contribution in [0, 0.1) is 0 Å². The molecule has 0 spiro atoms. The molecule has 9 heavy (non-hydrogen) atoms. The first-order chi connectivity index (χ1) is 4.34. The largest absolute Gasteiger partial charge is 0.462 e. The summed E-state index contributed by atoms with van der Waals surface area (Å²) in [5.41, 5.74) is 0.140. The van der Waals surface area contributed by atoms with Gasteiger partial charge in [0, 0.05) is 0 Å². The van der Waals surface area contributed by atoms with E-state index in [1.807, 2.05) is 0 Å². The van der Waals surface area contributed by atoms with Crippen LogP contribution in [0.1, 0.15) is 12.8 Å². The first kappa shape index (κ1) is 6.05. The predicted molar refractivity (Wildman–Crippen MR) is 29.4 cm³/mol. The highest BCUT2D eigenvalue weighted by Gasteiger charge is 2.16. The van der Waals surface area contributed by atoms with Crippen LogP contribution in [-0.4, -0.2) is 18.5 Å². The highest BCUT2D eigenvalue weighted by molar-refractivity contribution is 5.97. The van der Waals surface area contributed by atoms with Crippen LogP contribution in [0.25, 0.3) is 0 Å². The fourth-order valence-electron chi connectivity index (χ4n) is 0.696. The van der Waals surface area contributed by atoms with Crippen LogP contribution in [0.4, 0.5) is 0 Å². The molecule has 0 aromatic rings. The molecule has 0 N–H and O–H groups in total. The van der Waals surface area contributed by atoms with E-state index in [1.54, 1.807) is 5.94 Å². The van der Waals surface area contributed by atoms with Gasteiger partial charge in [0.2, 0.25) is 0 Å². The van der Waals surface area contributed by atoms with Crippen molar-refractivity contribution >= 4 is 11.9 Å². The summed E-state index contributed by atoms with van der Waals surface area (Å²) in [7, 11) is 0. The standard InChI is InChI=1S/C6H6O3/c7-4-5-2-1-3-9-6(5)8/h1-3H2. The van der Waals surface area contributed by atoms with E-state index in [2.05, 4.69) is 4.74 Å². The summed E-state index contributed by atoms with van der Waals surface area (Å²) < 4.78 is 4.54. The van der Waals surface area contributed by atoms with Crippen LogP contribution in [0.15, 0.2) is 5.57 Å². The van der Waals surface area contributed by atoms with E-state index in [9.17, 15) is 9.59 Å². The number of esters is 1. The smallest absolute Gasteiger partial charge is 0.345 e. The molecule has 1 heterocycles. The van der Waals surface area contributed by atoms with E-state index in [-0.39, 0.29) is 5.57 Å². The maximum Gasteiger partial charge on any atom is 0.345 e. The van der Waals surface area contributed by atoms with E-state index in [0.717, 1.165) is 6.42 Å². The van der Waals surface area contributed by atoms with E-state index < -0.39 is 5.97 Å². The van der Waals surface area contributed by atoms with Crippen molar-refractivity contribution < 1.29 is 14.3 Å². The maximum atomic E-state index is 10.5. The van der Waals surface area contributed by atoms with Gasteiger partial charge in [-0.15, -0.1) is 0 Å². The summed E-state index contributed by atoms with van der Waals surface area (Å²) in [5, 5.41) is 0. The number of cyclic esters (lactones) is 1. The summed E-state index contributed by atoms with van der Waals surface area (Å²) in [6.07, 6.45) is 1.26. The minimum absolute atomic E-state index is 0.140. The van der Waals surface area contributed by atoms with Crippen molar-refractivity contribution in [3.63, 3.8) is 0 Å². The quantitative estimate of drug-likeness (QED) is 0.262. The highest BCUT2D eigenvalue weighted by Crippen LogP contribution is 2.09. The Kier molecular flexibility index (Phi) is 1.66. The van der Waals surface area contributed by atoms with Crippen molar-refractivity contribution in [3.8, 4) is 0 Å². The normalized spacial score (nSPS) is 18.7. The Balaban J connectivity index is 2.71. The lowest BCUT2D eigenvalue weighted by Crippen LogP contribution is -2.15. The van der Waals surface area contributed by atoms with Gasteiger partial charge in [-0.1, -0.05) is 0 Å². The summed E-state index contributed by atoms with van der Waals surface area (Å²) >= 11 is 0. The first-order valence-corrected chi connectivity index (χ1v) is 2.75. The van der Waals surface area contributed by atoms with E-state index in [0.29, 0.717) is 13.0 Å². The molecule has 0 aliphatic carbocycles. The Labute approximate surface area is 52.3 Å². The van der Waals surface area contributed by atoms with Crippen LogP contribution in [0.3, 0.4) is 0 Å². The predicted octanol–water partition coefficient (Wildman–Crippen LogP) is 0.0814. The van der Waals surface area contributed by atoms with Crippen LogP contribution in [0.5, 0.6) is 0 Å². The summed E-state index contributed by atoms with van der Waals surface area (Å²) in [6.45, 7) is 0.435. The van der Waals surface area contributed by atoms with Gasteiger partial charge in [-0.25, -0.2) is 9.59 Å². The van der Waals surface area contributed by atoms with E-state index in [1.165, 1.54) is 0 Å². The van der Waals surface area contributed by atoms with Crippen molar-refractivity contribution in [2.75, 3.05) is 6.61 Å². The Morgan fingerprint density at radius 3 is 2.78 bits per heavy atom. The van der Waals surface area contributed by atoms with Crippen molar-refractivity contribution in [2.24, 2.45) is 0 Å². The second kappa shape index (κ2) is 2.46. The van der Waals surface area contributed by atoms with Gasteiger partial charge in [0.25, 0.3) is 0 Å². The lowest BCUT2D eigenvalue weighted by Gasteiger charge is -2.09. The van der Waals surface area contributed by atoms with E-state index >= 15 is 0 Å². The molecule has 0 aromatic carbocycles. The van der Waals surface area contributed by atoms with Gasteiger partial charge in [0.15, 0.2) is 0 Å². The molecule has 0 atom stereocenters. The highest BCUT2D eigenvalue weighted by atomic mass is 16.5. The number of rotatable bonds is 0. The lowest BCUT2D eigenvalue weighted by atomic mass is 10.1. The molecule has 1 rings (SSSR count). The van der Waals surface area contributed by atoms with Crippen LogP contribution in [0.2, 0.25) is 0 Å². The molecule has 48 valence electrons. The van der Waals surface area contributed by atoms with Gasteiger partial charge in [0.05, 0.1) is 6.61 Å².